The zero-order valence-corrected chi connectivity index (χ0v) is 12.8. The number of nitrogens with one attached hydrogen (secondary N) is 2. The van der Waals surface area contributed by atoms with E-state index in [1.165, 1.54) is 0 Å². The Balaban J connectivity index is 2.46. The summed E-state index contributed by atoms with van der Waals surface area (Å²) in [6.45, 7) is 12.2. The molecular formula is C14H26N2O3. The summed E-state index contributed by atoms with van der Waals surface area (Å²) in [6.07, 6.45) is 0.459. The molecule has 2 amide bonds. The molecule has 0 aromatic rings. The number of hydrogen-bond acceptors (Lipinski definition) is 2. The van der Waals surface area contributed by atoms with E-state index >= 15 is 0 Å². The molecule has 1 saturated carbocycles. The summed E-state index contributed by atoms with van der Waals surface area (Å²) in [4.78, 5) is 22.5. The van der Waals surface area contributed by atoms with Gasteiger partial charge >= 0.3 is 12.0 Å². The number of carboxylic acid groups (broad SMARTS) is 1. The lowest BCUT2D eigenvalue weighted by molar-refractivity contribution is -0.137. The molecule has 0 aromatic carbocycles. The summed E-state index contributed by atoms with van der Waals surface area (Å²) in [7, 11) is 0. The van der Waals surface area contributed by atoms with Gasteiger partial charge in [-0.15, -0.1) is 0 Å². The Morgan fingerprint density at radius 2 is 1.63 bits per heavy atom. The minimum absolute atomic E-state index is 0.0493. The van der Waals surface area contributed by atoms with E-state index in [9.17, 15) is 9.59 Å². The van der Waals surface area contributed by atoms with Crippen LogP contribution in [0.3, 0.4) is 0 Å². The van der Waals surface area contributed by atoms with E-state index in [1.807, 2.05) is 13.8 Å². The quantitative estimate of drug-likeness (QED) is 0.717. The molecule has 1 aliphatic rings. The minimum Gasteiger partial charge on any atom is -0.481 e. The first kappa shape index (κ1) is 15.8. The van der Waals surface area contributed by atoms with E-state index in [-0.39, 0.29) is 29.3 Å². The third-order valence-corrected chi connectivity index (χ3v) is 4.71. The van der Waals surface area contributed by atoms with E-state index in [2.05, 4.69) is 38.3 Å². The van der Waals surface area contributed by atoms with Gasteiger partial charge in [-0.3, -0.25) is 4.79 Å². The van der Waals surface area contributed by atoms with Crippen molar-refractivity contribution < 1.29 is 14.7 Å². The standard InChI is InChI=1S/C14H26N2O3/c1-12(2,8-7-9(17)18)16-11(19)15-10-13(3,4)14(10,5)6/h10H,7-8H2,1-6H3,(H,17,18)(H2,15,16,19). The lowest BCUT2D eigenvalue weighted by atomic mass is 9.99. The Labute approximate surface area is 115 Å². The molecular weight excluding hydrogens is 244 g/mol. The van der Waals surface area contributed by atoms with Gasteiger partial charge in [-0.1, -0.05) is 27.7 Å². The Hall–Kier alpha value is -1.26. The second kappa shape index (κ2) is 4.69. The highest BCUT2D eigenvalue weighted by molar-refractivity contribution is 5.76. The number of urea groups is 1. The van der Waals surface area contributed by atoms with E-state index in [0.717, 1.165) is 0 Å². The van der Waals surface area contributed by atoms with Crippen LogP contribution in [0.25, 0.3) is 0 Å². The van der Waals surface area contributed by atoms with Crippen molar-refractivity contribution in [2.45, 2.75) is 66.0 Å². The molecule has 0 radical (unpaired) electrons. The predicted octanol–water partition coefficient (Wildman–Crippen LogP) is 2.36. The molecule has 5 heteroatoms. The third kappa shape index (κ3) is 3.39. The highest BCUT2D eigenvalue weighted by Crippen LogP contribution is 2.62. The highest BCUT2D eigenvalue weighted by Gasteiger charge is 2.65. The van der Waals surface area contributed by atoms with Crippen LogP contribution >= 0.6 is 0 Å². The number of aliphatic carboxylic acids is 1. The summed E-state index contributed by atoms with van der Waals surface area (Å²) in [5, 5.41) is 14.5. The second-order valence-corrected chi connectivity index (χ2v) is 7.25. The zero-order chi connectivity index (χ0) is 15.1. The fourth-order valence-electron chi connectivity index (χ4n) is 2.51. The predicted molar refractivity (Wildman–Crippen MR) is 74.0 cm³/mol. The van der Waals surface area contributed by atoms with Gasteiger partial charge < -0.3 is 15.7 Å². The van der Waals surface area contributed by atoms with Crippen molar-refractivity contribution >= 4 is 12.0 Å². The maximum absolute atomic E-state index is 12.0. The number of carboxylic acids is 1. The van der Waals surface area contributed by atoms with Crippen LogP contribution < -0.4 is 10.6 Å². The minimum atomic E-state index is -0.847. The first-order chi connectivity index (χ1) is 8.40. The van der Waals surface area contributed by atoms with Gasteiger partial charge in [0.1, 0.15) is 0 Å². The highest BCUT2D eigenvalue weighted by atomic mass is 16.4. The molecule has 1 rings (SSSR count). The van der Waals surface area contributed by atoms with Gasteiger partial charge in [0.05, 0.1) is 0 Å². The molecule has 0 aliphatic heterocycles. The molecule has 1 aliphatic carbocycles. The van der Waals surface area contributed by atoms with Crippen LogP contribution in [0.15, 0.2) is 0 Å². The molecule has 3 N–H and O–H groups in total. The Kier molecular flexibility index (Phi) is 3.90. The number of carbonyl (C=O) groups excluding carboxylic acids is 1. The SMILES string of the molecule is CC(C)(CCC(=O)O)NC(=O)NC1C(C)(C)C1(C)C. The molecule has 0 atom stereocenters. The van der Waals surface area contributed by atoms with Gasteiger partial charge in [-0.25, -0.2) is 4.79 Å². The van der Waals surface area contributed by atoms with E-state index in [1.54, 1.807) is 0 Å². The largest absolute Gasteiger partial charge is 0.481 e. The summed E-state index contributed by atoms with van der Waals surface area (Å²) in [5.74, 6) is -0.847. The molecule has 0 aromatic heterocycles. The number of rotatable bonds is 5. The fourth-order valence-corrected chi connectivity index (χ4v) is 2.51. The molecule has 1 fully saturated rings. The van der Waals surface area contributed by atoms with Crippen molar-refractivity contribution in [1.82, 2.24) is 10.6 Å². The second-order valence-electron chi connectivity index (χ2n) is 7.25. The molecule has 0 spiro atoms. The Morgan fingerprint density at radius 3 is 2.00 bits per heavy atom. The normalized spacial score (nSPS) is 20.7. The Morgan fingerprint density at radius 1 is 1.16 bits per heavy atom. The van der Waals surface area contributed by atoms with Gasteiger partial charge in [0.25, 0.3) is 0 Å². The summed E-state index contributed by atoms with van der Waals surface area (Å²) in [5.41, 5.74) is -0.337. The molecule has 5 nitrogen and oxygen atoms in total. The molecule has 0 heterocycles. The maximum Gasteiger partial charge on any atom is 0.315 e. The van der Waals surface area contributed by atoms with E-state index in [4.69, 9.17) is 5.11 Å². The average molecular weight is 270 g/mol. The van der Waals surface area contributed by atoms with Crippen molar-refractivity contribution in [3.05, 3.63) is 0 Å². The van der Waals surface area contributed by atoms with Crippen molar-refractivity contribution in [3.8, 4) is 0 Å². The number of amides is 2. The van der Waals surface area contributed by atoms with E-state index in [0.29, 0.717) is 6.42 Å². The van der Waals surface area contributed by atoms with Crippen LogP contribution in [0, 0.1) is 10.8 Å². The van der Waals surface area contributed by atoms with Gasteiger partial charge in [-0.05, 0) is 31.1 Å². The zero-order valence-electron chi connectivity index (χ0n) is 12.8. The topological polar surface area (TPSA) is 78.4 Å². The van der Waals surface area contributed by atoms with Crippen molar-refractivity contribution in [3.63, 3.8) is 0 Å². The van der Waals surface area contributed by atoms with Crippen molar-refractivity contribution in [2.24, 2.45) is 10.8 Å². The maximum atomic E-state index is 12.0. The monoisotopic (exact) mass is 270 g/mol. The molecule has 19 heavy (non-hydrogen) atoms. The van der Waals surface area contributed by atoms with Crippen LogP contribution in [0.1, 0.15) is 54.4 Å². The van der Waals surface area contributed by atoms with Crippen LogP contribution in [0.2, 0.25) is 0 Å². The first-order valence-electron chi connectivity index (χ1n) is 6.70. The van der Waals surface area contributed by atoms with E-state index < -0.39 is 11.5 Å². The fraction of sp³-hybridized carbons (Fsp3) is 0.857. The van der Waals surface area contributed by atoms with Crippen molar-refractivity contribution in [2.75, 3.05) is 0 Å². The molecule has 110 valence electrons. The van der Waals surface area contributed by atoms with Crippen LogP contribution in [-0.4, -0.2) is 28.7 Å². The molecule has 0 unspecified atom stereocenters. The van der Waals surface area contributed by atoms with Gasteiger partial charge in [0.2, 0.25) is 0 Å². The lowest BCUT2D eigenvalue weighted by Crippen LogP contribution is -2.50. The lowest BCUT2D eigenvalue weighted by Gasteiger charge is -2.26. The van der Waals surface area contributed by atoms with Crippen LogP contribution in [-0.2, 0) is 4.79 Å². The van der Waals surface area contributed by atoms with Crippen LogP contribution in [0.5, 0.6) is 0 Å². The summed E-state index contributed by atoms with van der Waals surface area (Å²) in [6, 6.07) is -0.0747. The third-order valence-electron chi connectivity index (χ3n) is 4.71. The summed E-state index contributed by atoms with van der Waals surface area (Å²) >= 11 is 0. The Bertz CT molecular complexity index is 372. The van der Waals surface area contributed by atoms with Gasteiger partial charge in [0, 0.05) is 18.0 Å². The van der Waals surface area contributed by atoms with Gasteiger partial charge in [0.15, 0.2) is 0 Å². The van der Waals surface area contributed by atoms with Crippen LogP contribution in [0.4, 0.5) is 4.79 Å². The van der Waals surface area contributed by atoms with Gasteiger partial charge in [-0.2, -0.15) is 0 Å². The first-order valence-corrected chi connectivity index (χ1v) is 6.70. The smallest absolute Gasteiger partial charge is 0.315 e. The average Bonchev–Trinajstić information content (AvgIpc) is 2.57. The number of hydrogen-bond donors (Lipinski definition) is 3. The molecule has 0 bridgehead atoms. The molecule has 0 saturated heterocycles. The number of carbonyl (C=O) groups is 2. The summed E-state index contributed by atoms with van der Waals surface area (Å²) < 4.78 is 0. The van der Waals surface area contributed by atoms with Crippen molar-refractivity contribution in [1.29, 1.82) is 0 Å².